The fourth-order valence-corrected chi connectivity index (χ4v) is 4.02. The third kappa shape index (κ3) is 1.53. The van der Waals surface area contributed by atoms with Gasteiger partial charge in [-0.05, 0) is 13.0 Å². The van der Waals surface area contributed by atoms with Crippen molar-refractivity contribution in [1.82, 2.24) is 0 Å². The molecular formula is C16H14O7. The molecule has 1 aromatic rings. The number of Topliss-reactive ketones (excluding diaryl/α,β-unsaturated/α-hetero) is 2. The maximum absolute atomic E-state index is 12.9. The minimum absolute atomic E-state index is 0.0172. The number of rotatable bonds is 2. The monoisotopic (exact) mass is 318 g/mol. The van der Waals surface area contributed by atoms with Crippen molar-refractivity contribution in [3.63, 3.8) is 0 Å². The fourth-order valence-electron chi connectivity index (χ4n) is 4.02. The van der Waals surface area contributed by atoms with E-state index in [0.717, 1.165) is 0 Å². The zero-order valence-corrected chi connectivity index (χ0v) is 12.2. The lowest BCUT2D eigenvalue weighted by Crippen LogP contribution is -2.57. The number of carbonyl (C=O) groups is 3. The zero-order valence-electron chi connectivity index (χ0n) is 12.2. The van der Waals surface area contributed by atoms with Gasteiger partial charge < -0.3 is 19.7 Å². The van der Waals surface area contributed by atoms with Crippen LogP contribution in [-0.4, -0.2) is 51.2 Å². The van der Waals surface area contributed by atoms with Crippen molar-refractivity contribution in [2.45, 2.75) is 43.2 Å². The summed E-state index contributed by atoms with van der Waals surface area (Å²) in [7, 11) is 0. The molecule has 0 aromatic heterocycles. The van der Waals surface area contributed by atoms with Gasteiger partial charge in [0.15, 0.2) is 17.0 Å². The number of ketones is 2. The lowest BCUT2D eigenvalue weighted by molar-refractivity contribution is -0.143. The van der Waals surface area contributed by atoms with Gasteiger partial charge in [0.25, 0.3) is 0 Å². The molecule has 7 heteroatoms. The number of epoxide rings is 1. The number of hydrogen-bond acceptors (Lipinski definition) is 6. The summed E-state index contributed by atoms with van der Waals surface area (Å²) in [6.07, 6.45) is -1.72. The standard InChI is InChI=1S/C16H14O7/c1-7-16-14(21)12-9(3-2-4-10(12)17)13(20)15(16,23-16)6-8(22-7)5-11(18)19/h2-4,7-8,17H,5-6H2,1H3,(H,18,19)/t7-,8+,15+,16-/m1/s1. The Morgan fingerprint density at radius 3 is 2.78 bits per heavy atom. The molecule has 2 N–H and O–H groups in total. The molecule has 0 unspecified atom stereocenters. The average molecular weight is 318 g/mol. The van der Waals surface area contributed by atoms with E-state index in [1.165, 1.54) is 18.2 Å². The van der Waals surface area contributed by atoms with Crippen molar-refractivity contribution in [1.29, 1.82) is 0 Å². The predicted molar refractivity (Wildman–Crippen MR) is 74.5 cm³/mol. The molecule has 0 saturated carbocycles. The SMILES string of the molecule is C[C@H]1O[C@@H](CC(=O)O)C[C@@]23O[C@@]12C(=O)c1c(O)cccc1C3=O. The highest BCUT2D eigenvalue weighted by atomic mass is 16.7. The van der Waals surface area contributed by atoms with Gasteiger partial charge in [0.05, 0.1) is 24.2 Å². The Hall–Kier alpha value is -2.25. The minimum Gasteiger partial charge on any atom is -0.507 e. The molecule has 120 valence electrons. The highest BCUT2D eigenvalue weighted by Gasteiger charge is 2.85. The van der Waals surface area contributed by atoms with E-state index in [0.29, 0.717) is 0 Å². The van der Waals surface area contributed by atoms with E-state index in [-0.39, 0.29) is 29.7 Å². The van der Waals surface area contributed by atoms with Crippen molar-refractivity contribution in [3.8, 4) is 5.75 Å². The van der Waals surface area contributed by atoms with E-state index in [4.69, 9.17) is 14.6 Å². The first-order valence-electron chi connectivity index (χ1n) is 7.32. The van der Waals surface area contributed by atoms with Gasteiger partial charge in [-0.2, -0.15) is 0 Å². The molecule has 0 bridgehead atoms. The van der Waals surface area contributed by atoms with Crippen LogP contribution in [0.4, 0.5) is 0 Å². The number of aromatic hydroxyl groups is 1. The molecular weight excluding hydrogens is 304 g/mol. The number of phenols is 1. The van der Waals surface area contributed by atoms with Gasteiger partial charge in [0.2, 0.25) is 5.78 Å². The lowest BCUT2D eigenvalue weighted by Gasteiger charge is -2.36. The largest absolute Gasteiger partial charge is 0.507 e. The van der Waals surface area contributed by atoms with Crippen LogP contribution in [0.2, 0.25) is 0 Å². The molecule has 4 atom stereocenters. The van der Waals surface area contributed by atoms with Crippen LogP contribution in [0.1, 0.15) is 40.5 Å². The van der Waals surface area contributed by atoms with Gasteiger partial charge in [-0.3, -0.25) is 14.4 Å². The van der Waals surface area contributed by atoms with Gasteiger partial charge >= 0.3 is 5.97 Å². The number of carboxylic acid groups (broad SMARTS) is 1. The second-order valence-electron chi connectivity index (χ2n) is 6.22. The van der Waals surface area contributed by atoms with Gasteiger partial charge in [-0.15, -0.1) is 0 Å². The summed E-state index contributed by atoms with van der Waals surface area (Å²) in [5.41, 5.74) is -2.75. The van der Waals surface area contributed by atoms with Crippen molar-refractivity contribution >= 4 is 17.5 Å². The third-order valence-electron chi connectivity index (χ3n) is 5.00. The van der Waals surface area contributed by atoms with Gasteiger partial charge in [0, 0.05) is 12.0 Å². The number of carbonyl (C=O) groups excluding carboxylic acids is 2. The van der Waals surface area contributed by atoms with Crippen LogP contribution >= 0.6 is 0 Å². The van der Waals surface area contributed by atoms with E-state index in [1.54, 1.807) is 6.92 Å². The molecule has 2 fully saturated rings. The van der Waals surface area contributed by atoms with E-state index in [2.05, 4.69) is 0 Å². The number of aliphatic carboxylic acids is 1. The number of fused-ring (bicyclic) bond motifs is 1. The maximum atomic E-state index is 12.9. The summed E-state index contributed by atoms with van der Waals surface area (Å²) in [6.45, 7) is 1.59. The number of ether oxygens (including phenoxy) is 2. The van der Waals surface area contributed by atoms with E-state index in [1.807, 2.05) is 0 Å². The Balaban J connectivity index is 1.83. The summed E-state index contributed by atoms with van der Waals surface area (Å²) >= 11 is 0. The van der Waals surface area contributed by atoms with Crippen LogP contribution in [0.5, 0.6) is 5.75 Å². The Kier molecular flexibility index (Phi) is 2.61. The predicted octanol–water partition coefficient (Wildman–Crippen LogP) is 0.931. The topological polar surface area (TPSA) is 113 Å². The summed E-state index contributed by atoms with van der Waals surface area (Å²) in [5.74, 6) is -2.18. The lowest BCUT2D eigenvalue weighted by atomic mass is 9.68. The van der Waals surface area contributed by atoms with Crippen molar-refractivity contribution < 1.29 is 34.1 Å². The molecule has 2 aliphatic heterocycles. The maximum Gasteiger partial charge on any atom is 0.305 e. The van der Waals surface area contributed by atoms with E-state index >= 15 is 0 Å². The zero-order chi connectivity index (χ0) is 16.6. The number of phenolic OH excluding ortho intramolecular Hbond substituents is 1. The van der Waals surface area contributed by atoms with Crippen LogP contribution in [0.15, 0.2) is 18.2 Å². The van der Waals surface area contributed by atoms with Gasteiger partial charge in [-0.25, -0.2) is 0 Å². The Morgan fingerprint density at radius 2 is 2.09 bits per heavy atom. The molecule has 0 radical (unpaired) electrons. The first kappa shape index (κ1) is 14.3. The van der Waals surface area contributed by atoms with Crippen molar-refractivity contribution in [3.05, 3.63) is 29.3 Å². The molecule has 23 heavy (non-hydrogen) atoms. The number of benzene rings is 1. The Labute approximate surface area is 130 Å². The number of carboxylic acids is 1. The van der Waals surface area contributed by atoms with E-state index in [9.17, 15) is 19.5 Å². The van der Waals surface area contributed by atoms with Crippen LogP contribution in [-0.2, 0) is 14.3 Å². The summed E-state index contributed by atoms with van der Waals surface area (Å²) in [6, 6.07) is 4.31. The fraction of sp³-hybridized carbons (Fsp3) is 0.438. The first-order valence-corrected chi connectivity index (χ1v) is 7.32. The highest BCUT2D eigenvalue weighted by Crippen LogP contribution is 2.63. The smallest absolute Gasteiger partial charge is 0.305 e. The summed E-state index contributed by atoms with van der Waals surface area (Å²) in [5, 5.41) is 18.9. The Morgan fingerprint density at radius 1 is 1.35 bits per heavy atom. The Bertz CT molecular complexity index is 770. The molecule has 4 rings (SSSR count). The van der Waals surface area contributed by atoms with Crippen LogP contribution in [0.25, 0.3) is 0 Å². The van der Waals surface area contributed by atoms with Crippen LogP contribution < -0.4 is 0 Å². The molecule has 7 nitrogen and oxygen atoms in total. The second kappa shape index (κ2) is 4.18. The van der Waals surface area contributed by atoms with Gasteiger partial charge in [0.1, 0.15) is 5.75 Å². The molecule has 2 heterocycles. The highest BCUT2D eigenvalue weighted by molar-refractivity contribution is 6.26. The summed E-state index contributed by atoms with van der Waals surface area (Å²) in [4.78, 5) is 36.7. The normalized spacial score (nSPS) is 37.6. The minimum atomic E-state index is -1.45. The van der Waals surface area contributed by atoms with Crippen molar-refractivity contribution in [2.75, 3.05) is 0 Å². The molecule has 3 aliphatic rings. The molecule has 2 saturated heterocycles. The molecule has 1 aromatic carbocycles. The molecule has 0 amide bonds. The molecule has 1 aliphatic carbocycles. The second-order valence-corrected chi connectivity index (χ2v) is 6.22. The quantitative estimate of drug-likeness (QED) is 0.780. The number of hydrogen-bond donors (Lipinski definition) is 2. The van der Waals surface area contributed by atoms with Crippen molar-refractivity contribution in [2.24, 2.45) is 0 Å². The first-order chi connectivity index (χ1) is 10.8. The molecule has 0 spiro atoms. The third-order valence-corrected chi connectivity index (χ3v) is 5.00. The van der Waals surface area contributed by atoms with E-state index < -0.39 is 40.9 Å². The van der Waals surface area contributed by atoms with Crippen LogP contribution in [0, 0.1) is 0 Å². The summed E-state index contributed by atoms with van der Waals surface area (Å²) < 4.78 is 11.3. The van der Waals surface area contributed by atoms with Crippen LogP contribution in [0.3, 0.4) is 0 Å². The average Bonchev–Trinajstić information content (AvgIpc) is 3.17. The van der Waals surface area contributed by atoms with Gasteiger partial charge in [-0.1, -0.05) is 12.1 Å².